The Balaban J connectivity index is 1.70. The lowest BCUT2D eigenvalue weighted by atomic mass is 10.1. The summed E-state index contributed by atoms with van der Waals surface area (Å²) in [7, 11) is 0. The number of nitrogens with one attached hydrogen (secondary N) is 2. The average Bonchev–Trinajstić information content (AvgIpc) is 2.57. The zero-order chi connectivity index (χ0) is 16.9. The van der Waals surface area contributed by atoms with Crippen LogP contribution in [0.3, 0.4) is 0 Å². The van der Waals surface area contributed by atoms with Crippen molar-refractivity contribution in [1.29, 1.82) is 0 Å². The highest BCUT2D eigenvalue weighted by Gasteiger charge is 2.24. The van der Waals surface area contributed by atoms with E-state index in [1.807, 2.05) is 6.07 Å². The molecule has 0 unspecified atom stereocenters. The molecule has 6 heteroatoms. The maximum Gasteiger partial charge on any atom is 0.270 e. The molecule has 0 bridgehead atoms. The van der Waals surface area contributed by atoms with Gasteiger partial charge >= 0.3 is 0 Å². The van der Waals surface area contributed by atoms with Crippen molar-refractivity contribution in [3.8, 4) is 0 Å². The van der Waals surface area contributed by atoms with Crippen molar-refractivity contribution in [2.24, 2.45) is 0 Å². The van der Waals surface area contributed by atoms with E-state index in [4.69, 9.17) is 0 Å². The Labute approximate surface area is 139 Å². The van der Waals surface area contributed by atoms with Crippen molar-refractivity contribution in [2.45, 2.75) is 25.3 Å². The third-order valence-corrected chi connectivity index (χ3v) is 3.90. The summed E-state index contributed by atoms with van der Waals surface area (Å²) in [5, 5.41) is 5.44. The van der Waals surface area contributed by atoms with Gasteiger partial charge in [-0.05, 0) is 42.7 Å². The fourth-order valence-corrected chi connectivity index (χ4v) is 2.70. The molecule has 0 spiro atoms. The summed E-state index contributed by atoms with van der Waals surface area (Å²) in [4.78, 5) is 28.3. The number of carbonyl (C=O) groups is 2. The van der Waals surface area contributed by atoms with Crippen LogP contribution < -0.4 is 10.6 Å². The van der Waals surface area contributed by atoms with E-state index in [-0.39, 0.29) is 23.3 Å². The Morgan fingerprint density at radius 2 is 2.12 bits per heavy atom. The molecule has 1 aromatic heterocycles. The summed E-state index contributed by atoms with van der Waals surface area (Å²) in [6.45, 7) is 0.645. The van der Waals surface area contributed by atoms with Crippen molar-refractivity contribution in [1.82, 2.24) is 15.6 Å². The van der Waals surface area contributed by atoms with Gasteiger partial charge in [0.25, 0.3) is 5.91 Å². The molecule has 3 rings (SSSR count). The highest BCUT2D eigenvalue weighted by Crippen LogP contribution is 2.11. The zero-order valence-corrected chi connectivity index (χ0v) is 13.1. The van der Waals surface area contributed by atoms with Gasteiger partial charge in [0, 0.05) is 18.7 Å². The highest BCUT2D eigenvalue weighted by atomic mass is 19.1. The molecular weight excluding hydrogens is 309 g/mol. The molecule has 0 aliphatic carbocycles. The van der Waals surface area contributed by atoms with Gasteiger partial charge in [-0.1, -0.05) is 18.2 Å². The summed E-state index contributed by atoms with van der Waals surface area (Å²) in [6.07, 6.45) is 1.90. The molecule has 2 heterocycles. The number of aromatic nitrogens is 1. The molecule has 0 saturated carbocycles. The van der Waals surface area contributed by atoms with Crippen LogP contribution >= 0.6 is 0 Å². The summed E-state index contributed by atoms with van der Waals surface area (Å²) in [6, 6.07) is 10.9. The number of nitrogens with zero attached hydrogens (tertiary/aromatic N) is 1. The van der Waals surface area contributed by atoms with Crippen molar-refractivity contribution < 1.29 is 14.0 Å². The number of piperidine rings is 1. The number of pyridine rings is 1. The standard InChI is InChI=1S/C18H18FN3O2/c19-13-5-1-4-12(10-13)11-14-6-2-7-16(21-14)18(24)22-15-8-3-9-20-17(15)23/h1-2,4-7,10,15H,3,8-9,11H2,(H,20,23)(H,22,24)/t15-/m1/s1. The molecule has 1 fully saturated rings. The first kappa shape index (κ1) is 16.1. The second kappa shape index (κ2) is 7.21. The Kier molecular flexibility index (Phi) is 4.84. The lowest BCUT2D eigenvalue weighted by molar-refractivity contribution is -0.124. The van der Waals surface area contributed by atoms with Crippen molar-refractivity contribution in [3.05, 3.63) is 65.2 Å². The first-order chi connectivity index (χ1) is 11.6. The summed E-state index contributed by atoms with van der Waals surface area (Å²) < 4.78 is 13.3. The highest BCUT2D eigenvalue weighted by molar-refractivity contribution is 5.96. The topological polar surface area (TPSA) is 71.1 Å². The van der Waals surface area contributed by atoms with E-state index < -0.39 is 6.04 Å². The SMILES string of the molecule is O=C(N[C@@H]1CCCNC1=O)c1cccc(Cc2cccc(F)c2)n1. The van der Waals surface area contributed by atoms with E-state index in [0.29, 0.717) is 25.1 Å². The second-order valence-corrected chi connectivity index (χ2v) is 5.78. The van der Waals surface area contributed by atoms with E-state index in [1.165, 1.54) is 12.1 Å². The van der Waals surface area contributed by atoms with Crippen LogP contribution in [0.2, 0.25) is 0 Å². The second-order valence-electron chi connectivity index (χ2n) is 5.78. The molecule has 24 heavy (non-hydrogen) atoms. The molecule has 0 radical (unpaired) electrons. The number of carbonyl (C=O) groups excluding carboxylic acids is 2. The van der Waals surface area contributed by atoms with Gasteiger partial charge in [0.2, 0.25) is 5.91 Å². The van der Waals surface area contributed by atoms with Gasteiger partial charge in [0.15, 0.2) is 0 Å². The number of amides is 2. The number of hydrogen-bond donors (Lipinski definition) is 2. The van der Waals surface area contributed by atoms with Crippen LogP contribution in [0.15, 0.2) is 42.5 Å². The predicted octanol–water partition coefficient (Wildman–Crippen LogP) is 1.82. The largest absolute Gasteiger partial charge is 0.354 e. The van der Waals surface area contributed by atoms with Crippen molar-refractivity contribution in [3.63, 3.8) is 0 Å². The van der Waals surface area contributed by atoms with Crippen LogP contribution in [0, 0.1) is 5.82 Å². The van der Waals surface area contributed by atoms with Gasteiger partial charge in [-0.3, -0.25) is 9.59 Å². The van der Waals surface area contributed by atoms with E-state index in [9.17, 15) is 14.0 Å². The third-order valence-electron chi connectivity index (χ3n) is 3.90. The number of halogens is 1. The average molecular weight is 327 g/mol. The minimum absolute atomic E-state index is 0.162. The quantitative estimate of drug-likeness (QED) is 0.900. The van der Waals surface area contributed by atoms with E-state index in [2.05, 4.69) is 15.6 Å². The number of benzene rings is 1. The van der Waals surface area contributed by atoms with Crippen LogP contribution in [0.25, 0.3) is 0 Å². The van der Waals surface area contributed by atoms with Gasteiger partial charge in [-0.2, -0.15) is 0 Å². The summed E-state index contributed by atoms with van der Waals surface area (Å²) in [5.41, 5.74) is 1.70. The fourth-order valence-electron chi connectivity index (χ4n) is 2.70. The van der Waals surface area contributed by atoms with Crippen LogP contribution in [-0.2, 0) is 11.2 Å². The summed E-state index contributed by atoms with van der Waals surface area (Å²) >= 11 is 0. The van der Waals surface area contributed by atoms with Gasteiger partial charge in [0.05, 0.1) is 0 Å². The molecule has 124 valence electrons. The van der Waals surface area contributed by atoms with Crippen molar-refractivity contribution in [2.75, 3.05) is 6.54 Å². The monoisotopic (exact) mass is 327 g/mol. The zero-order valence-electron chi connectivity index (χ0n) is 13.1. The third kappa shape index (κ3) is 3.95. The molecule has 1 saturated heterocycles. The Hall–Kier alpha value is -2.76. The molecule has 2 aromatic rings. The lowest BCUT2D eigenvalue weighted by Gasteiger charge is -2.22. The first-order valence-electron chi connectivity index (χ1n) is 7.91. The maximum absolute atomic E-state index is 13.3. The Bertz CT molecular complexity index is 763. The fraction of sp³-hybridized carbons (Fsp3) is 0.278. The Morgan fingerprint density at radius 3 is 2.92 bits per heavy atom. The molecule has 2 N–H and O–H groups in total. The van der Waals surface area contributed by atoms with Crippen LogP contribution in [-0.4, -0.2) is 29.4 Å². The van der Waals surface area contributed by atoms with Gasteiger partial charge in [-0.15, -0.1) is 0 Å². The van der Waals surface area contributed by atoms with E-state index in [1.54, 1.807) is 24.3 Å². The molecule has 2 amide bonds. The van der Waals surface area contributed by atoms with Crippen LogP contribution in [0.5, 0.6) is 0 Å². The van der Waals surface area contributed by atoms with E-state index in [0.717, 1.165) is 12.0 Å². The summed E-state index contributed by atoms with van der Waals surface area (Å²) in [5.74, 6) is -0.839. The smallest absolute Gasteiger partial charge is 0.270 e. The number of hydrogen-bond acceptors (Lipinski definition) is 3. The molecule has 1 aliphatic heterocycles. The van der Waals surface area contributed by atoms with Gasteiger partial charge < -0.3 is 10.6 Å². The van der Waals surface area contributed by atoms with Gasteiger partial charge in [-0.25, -0.2) is 9.37 Å². The van der Waals surface area contributed by atoms with Crippen molar-refractivity contribution >= 4 is 11.8 Å². The minimum Gasteiger partial charge on any atom is -0.354 e. The molecule has 1 aliphatic rings. The Morgan fingerprint density at radius 1 is 1.29 bits per heavy atom. The maximum atomic E-state index is 13.3. The van der Waals surface area contributed by atoms with Gasteiger partial charge in [0.1, 0.15) is 17.6 Å². The minimum atomic E-state index is -0.514. The molecular formula is C18H18FN3O2. The van der Waals surface area contributed by atoms with Crippen LogP contribution in [0.4, 0.5) is 4.39 Å². The lowest BCUT2D eigenvalue weighted by Crippen LogP contribution is -2.50. The first-order valence-corrected chi connectivity index (χ1v) is 7.91. The molecule has 1 atom stereocenters. The molecule has 1 aromatic carbocycles. The van der Waals surface area contributed by atoms with E-state index >= 15 is 0 Å². The van der Waals surface area contributed by atoms with Crippen LogP contribution in [0.1, 0.15) is 34.6 Å². The predicted molar refractivity (Wildman–Crippen MR) is 86.9 cm³/mol. The molecule has 5 nitrogen and oxygen atoms in total. The normalized spacial score (nSPS) is 17.2. The number of rotatable bonds is 4.